The van der Waals surface area contributed by atoms with E-state index in [0.717, 1.165) is 0 Å². The van der Waals surface area contributed by atoms with Gasteiger partial charge in [-0.25, -0.2) is 8.42 Å². The topological polar surface area (TPSA) is 101 Å². The number of nitrogens with two attached hydrogens (primary N) is 1. The Morgan fingerprint density at radius 2 is 1.48 bits per heavy atom. The fourth-order valence-corrected chi connectivity index (χ4v) is 2.74. The van der Waals surface area contributed by atoms with Crippen LogP contribution in [-0.2, 0) is 14.8 Å². The molecule has 0 aliphatic heterocycles. The van der Waals surface area contributed by atoms with Crippen LogP contribution in [0.4, 0.5) is 17.1 Å². The van der Waals surface area contributed by atoms with Gasteiger partial charge in [-0.2, -0.15) is 0 Å². The molecule has 2 rings (SSSR count). The first kappa shape index (κ1) is 14.9. The molecule has 4 N–H and O–H groups in total. The maximum Gasteiger partial charge on any atom is 0.261 e. The molecule has 0 unspecified atom stereocenters. The second kappa shape index (κ2) is 5.84. The zero-order chi connectivity index (χ0) is 15.5. The lowest BCUT2D eigenvalue weighted by Gasteiger charge is -2.09. The Balaban J connectivity index is 2.16. The summed E-state index contributed by atoms with van der Waals surface area (Å²) < 4.78 is 26.8. The highest BCUT2D eigenvalue weighted by atomic mass is 32.2. The highest BCUT2D eigenvalue weighted by Gasteiger charge is 2.13. The number of anilines is 3. The van der Waals surface area contributed by atoms with Gasteiger partial charge in [0.1, 0.15) is 0 Å². The fourth-order valence-electron chi connectivity index (χ4n) is 1.69. The number of nitrogen functional groups attached to an aromatic ring is 1. The Hall–Kier alpha value is -2.54. The van der Waals surface area contributed by atoms with Crippen molar-refractivity contribution in [3.05, 3.63) is 48.5 Å². The molecule has 110 valence electrons. The Kier molecular flexibility index (Phi) is 4.13. The maximum absolute atomic E-state index is 12.2. The molecule has 2 aromatic rings. The van der Waals surface area contributed by atoms with E-state index in [1.54, 1.807) is 24.3 Å². The molecule has 1 amide bonds. The Labute approximate surface area is 123 Å². The predicted octanol–water partition coefficient (Wildman–Crippen LogP) is 2.03. The van der Waals surface area contributed by atoms with Crippen LogP contribution in [0.5, 0.6) is 0 Å². The molecular formula is C14H15N3O3S. The van der Waals surface area contributed by atoms with Crippen molar-refractivity contribution in [1.82, 2.24) is 0 Å². The number of amides is 1. The van der Waals surface area contributed by atoms with Gasteiger partial charge in [0, 0.05) is 24.0 Å². The van der Waals surface area contributed by atoms with Crippen molar-refractivity contribution in [2.24, 2.45) is 0 Å². The van der Waals surface area contributed by atoms with Crippen LogP contribution in [0.15, 0.2) is 53.4 Å². The van der Waals surface area contributed by atoms with Gasteiger partial charge in [0.2, 0.25) is 5.91 Å². The molecule has 0 fully saturated rings. The minimum atomic E-state index is -3.66. The summed E-state index contributed by atoms with van der Waals surface area (Å²) in [4.78, 5) is 11.0. The first-order valence-corrected chi connectivity index (χ1v) is 7.61. The fraction of sp³-hybridized carbons (Fsp3) is 0.0714. The lowest BCUT2D eigenvalue weighted by molar-refractivity contribution is -0.114. The number of hydrogen-bond acceptors (Lipinski definition) is 4. The van der Waals surface area contributed by atoms with Crippen molar-refractivity contribution in [1.29, 1.82) is 0 Å². The number of sulfonamides is 1. The summed E-state index contributed by atoms with van der Waals surface area (Å²) in [5.41, 5.74) is 7.02. The van der Waals surface area contributed by atoms with E-state index in [2.05, 4.69) is 10.0 Å². The molecule has 0 aliphatic rings. The van der Waals surface area contributed by atoms with Gasteiger partial charge in [0.25, 0.3) is 10.0 Å². The number of benzene rings is 2. The van der Waals surface area contributed by atoms with Crippen molar-refractivity contribution < 1.29 is 13.2 Å². The smallest absolute Gasteiger partial charge is 0.261 e. The van der Waals surface area contributed by atoms with Crippen LogP contribution < -0.4 is 15.8 Å². The normalized spacial score (nSPS) is 10.9. The zero-order valence-electron chi connectivity index (χ0n) is 11.3. The van der Waals surface area contributed by atoms with Gasteiger partial charge in [0.05, 0.1) is 4.90 Å². The quantitative estimate of drug-likeness (QED) is 0.752. The van der Waals surface area contributed by atoms with Crippen molar-refractivity contribution >= 4 is 33.0 Å². The van der Waals surface area contributed by atoms with Crippen LogP contribution in [-0.4, -0.2) is 14.3 Å². The highest BCUT2D eigenvalue weighted by Crippen LogP contribution is 2.19. The van der Waals surface area contributed by atoms with Crippen molar-refractivity contribution in [2.45, 2.75) is 11.8 Å². The summed E-state index contributed by atoms with van der Waals surface area (Å²) in [6, 6.07) is 12.3. The molecule has 0 radical (unpaired) electrons. The number of hydrogen-bond donors (Lipinski definition) is 3. The molecule has 0 aliphatic carbocycles. The van der Waals surface area contributed by atoms with E-state index in [0.29, 0.717) is 17.1 Å². The van der Waals surface area contributed by atoms with Crippen LogP contribution in [0.3, 0.4) is 0 Å². The average molecular weight is 305 g/mol. The summed E-state index contributed by atoms with van der Waals surface area (Å²) in [5.74, 6) is -0.190. The Morgan fingerprint density at radius 1 is 0.952 bits per heavy atom. The van der Waals surface area contributed by atoms with Gasteiger partial charge >= 0.3 is 0 Å². The summed E-state index contributed by atoms with van der Waals surface area (Å²) in [6.45, 7) is 1.40. The largest absolute Gasteiger partial charge is 0.399 e. The molecule has 7 heteroatoms. The first-order valence-electron chi connectivity index (χ1n) is 6.13. The molecule has 0 atom stereocenters. The third-order valence-corrected chi connectivity index (χ3v) is 4.05. The summed E-state index contributed by atoms with van der Waals surface area (Å²) in [7, 11) is -3.66. The molecule has 21 heavy (non-hydrogen) atoms. The van der Waals surface area contributed by atoms with E-state index in [1.807, 2.05) is 0 Å². The molecule has 0 aromatic heterocycles. The van der Waals surface area contributed by atoms with E-state index < -0.39 is 10.0 Å². The zero-order valence-corrected chi connectivity index (χ0v) is 12.1. The Bertz CT molecular complexity index is 738. The van der Waals surface area contributed by atoms with Gasteiger partial charge in [0.15, 0.2) is 0 Å². The van der Waals surface area contributed by atoms with Crippen LogP contribution in [0, 0.1) is 0 Å². The second-order valence-corrected chi connectivity index (χ2v) is 6.12. The first-order chi connectivity index (χ1) is 9.87. The third-order valence-electron chi connectivity index (χ3n) is 2.65. The molecule has 0 spiro atoms. The highest BCUT2D eigenvalue weighted by molar-refractivity contribution is 7.92. The van der Waals surface area contributed by atoms with Crippen LogP contribution >= 0.6 is 0 Å². The van der Waals surface area contributed by atoms with Crippen molar-refractivity contribution in [2.75, 3.05) is 15.8 Å². The molecule has 2 aromatic carbocycles. The Morgan fingerprint density at radius 3 is 2.00 bits per heavy atom. The molecular weight excluding hydrogens is 290 g/mol. The van der Waals surface area contributed by atoms with Gasteiger partial charge in [-0.3, -0.25) is 9.52 Å². The van der Waals surface area contributed by atoms with Crippen molar-refractivity contribution in [3.63, 3.8) is 0 Å². The molecule has 0 heterocycles. The number of carbonyl (C=O) groups excluding carboxylic acids is 1. The average Bonchev–Trinajstić information content (AvgIpc) is 2.40. The standard InChI is InChI=1S/C14H15N3O3S/c1-10(18)16-12-4-6-13(7-5-12)17-21(19,20)14-8-2-11(15)3-9-14/h2-9,17H,15H2,1H3,(H,16,18). The number of rotatable bonds is 4. The van der Waals surface area contributed by atoms with E-state index >= 15 is 0 Å². The predicted molar refractivity (Wildman–Crippen MR) is 82.4 cm³/mol. The molecule has 0 bridgehead atoms. The lowest BCUT2D eigenvalue weighted by atomic mass is 10.3. The number of carbonyl (C=O) groups is 1. The SMILES string of the molecule is CC(=O)Nc1ccc(NS(=O)(=O)c2ccc(N)cc2)cc1. The van der Waals surface area contributed by atoms with Gasteiger partial charge in [-0.15, -0.1) is 0 Å². The number of nitrogens with one attached hydrogen (secondary N) is 2. The molecule has 0 saturated heterocycles. The van der Waals surface area contributed by atoms with E-state index in [1.165, 1.54) is 31.2 Å². The van der Waals surface area contributed by atoms with E-state index in [9.17, 15) is 13.2 Å². The van der Waals surface area contributed by atoms with Crippen LogP contribution in [0.2, 0.25) is 0 Å². The van der Waals surface area contributed by atoms with Gasteiger partial charge < -0.3 is 11.1 Å². The lowest BCUT2D eigenvalue weighted by Crippen LogP contribution is -2.13. The molecule has 0 saturated carbocycles. The third kappa shape index (κ3) is 3.96. The molecule has 6 nitrogen and oxygen atoms in total. The van der Waals surface area contributed by atoms with E-state index in [-0.39, 0.29) is 10.8 Å². The van der Waals surface area contributed by atoms with Crippen LogP contribution in [0.25, 0.3) is 0 Å². The second-order valence-electron chi connectivity index (χ2n) is 4.43. The monoisotopic (exact) mass is 305 g/mol. The maximum atomic E-state index is 12.2. The van der Waals surface area contributed by atoms with Gasteiger partial charge in [-0.1, -0.05) is 0 Å². The summed E-state index contributed by atoms with van der Waals surface area (Å²) in [6.07, 6.45) is 0. The van der Waals surface area contributed by atoms with E-state index in [4.69, 9.17) is 5.73 Å². The van der Waals surface area contributed by atoms with Gasteiger partial charge in [-0.05, 0) is 48.5 Å². The summed E-state index contributed by atoms with van der Waals surface area (Å²) >= 11 is 0. The minimum absolute atomic E-state index is 0.127. The summed E-state index contributed by atoms with van der Waals surface area (Å²) in [5, 5.41) is 2.60. The van der Waals surface area contributed by atoms with Crippen LogP contribution in [0.1, 0.15) is 6.92 Å². The minimum Gasteiger partial charge on any atom is -0.399 e. The van der Waals surface area contributed by atoms with Crippen molar-refractivity contribution in [3.8, 4) is 0 Å².